The van der Waals surface area contributed by atoms with Gasteiger partial charge in [-0.1, -0.05) is 79.6 Å². The average Bonchev–Trinajstić information content (AvgIpc) is 2.26. The number of hydrogen-bond acceptors (Lipinski definition) is 0. The van der Waals surface area contributed by atoms with Crippen molar-refractivity contribution in [1.29, 1.82) is 0 Å². The molecule has 0 nitrogen and oxygen atoms in total. The zero-order valence-electron chi connectivity index (χ0n) is 12.4. The second-order valence-corrected chi connectivity index (χ2v) is 6.03. The van der Waals surface area contributed by atoms with Gasteiger partial charge in [0.1, 0.15) is 0 Å². The number of rotatable bonds is 10. The van der Waals surface area contributed by atoms with E-state index in [1.165, 1.54) is 51.4 Å². The summed E-state index contributed by atoms with van der Waals surface area (Å²) in [7, 11) is 0. The second kappa shape index (κ2) is 10.2. The monoisotopic (exact) mass is 226 g/mol. The Morgan fingerprint density at radius 1 is 0.688 bits per heavy atom. The first-order valence-corrected chi connectivity index (χ1v) is 7.60. The van der Waals surface area contributed by atoms with Gasteiger partial charge in [-0.25, -0.2) is 0 Å². The molecule has 0 bridgehead atoms. The molecule has 0 radical (unpaired) electrons. The van der Waals surface area contributed by atoms with Gasteiger partial charge in [0, 0.05) is 0 Å². The van der Waals surface area contributed by atoms with E-state index in [9.17, 15) is 0 Å². The van der Waals surface area contributed by atoms with E-state index in [4.69, 9.17) is 0 Å². The molecule has 0 N–H and O–H groups in total. The quantitative estimate of drug-likeness (QED) is 0.397. The Morgan fingerprint density at radius 3 is 1.81 bits per heavy atom. The van der Waals surface area contributed by atoms with Crippen LogP contribution in [-0.4, -0.2) is 0 Å². The first-order chi connectivity index (χ1) is 7.60. The zero-order chi connectivity index (χ0) is 12.4. The highest BCUT2D eigenvalue weighted by Gasteiger charge is 2.09. The molecular formula is C16H34. The zero-order valence-corrected chi connectivity index (χ0v) is 12.4. The highest BCUT2D eigenvalue weighted by molar-refractivity contribution is 4.62. The van der Waals surface area contributed by atoms with Gasteiger partial charge in [-0.05, 0) is 24.2 Å². The summed E-state index contributed by atoms with van der Waals surface area (Å²) in [4.78, 5) is 0. The molecule has 0 aliphatic heterocycles. The summed E-state index contributed by atoms with van der Waals surface area (Å²) in [6.07, 6.45) is 11.3. The molecule has 0 aromatic heterocycles. The predicted octanol–water partition coefficient (Wildman–Crippen LogP) is 6.06. The molecule has 0 aliphatic rings. The van der Waals surface area contributed by atoms with Gasteiger partial charge >= 0.3 is 0 Å². The summed E-state index contributed by atoms with van der Waals surface area (Å²) in [6.45, 7) is 11.9. The number of hydrogen-bond donors (Lipinski definition) is 0. The molecule has 3 atom stereocenters. The lowest BCUT2D eigenvalue weighted by atomic mass is 9.88. The maximum atomic E-state index is 2.44. The van der Waals surface area contributed by atoms with Crippen molar-refractivity contribution in [2.24, 2.45) is 17.8 Å². The molecule has 0 spiro atoms. The van der Waals surface area contributed by atoms with E-state index in [1.54, 1.807) is 0 Å². The molecule has 0 heteroatoms. The lowest BCUT2D eigenvalue weighted by Gasteiger charge is -2.18. The molecule has 0 saturated heterocycles. The van der Waals surface area contributed by atoms with Crippen LogP contribution in [-0.2, 0) is 0 Å². The fraction of sp³-hybridized carbons (Fsp3) is 1.00. The fourth-order valence-electron chi connectivity index (χ4n) is 2.44. The minimum Gasteiger partial charge on any atom is -0.0654 e. The van der Waals surface area contributed by atoms with Crippen molar-refractivity contribution in [3.63, 3.8) is 0 Å². The highest BCUT2D eigenvalue weighted by atomic mass is 14.2. The molecule has 16 heavy (non-hydrogen) atoms. The fourth-order valence-corrected chi connectivity index (χ4v) is 2.44. The van der Waals surface area contributed by atoms with Crippen molar-refractivity contribution in [2.45, 2.75) is 86.0 Å². The van der Waals surface area contributed by atoms with Crippen LogP contribution in [0.2, 0.25) is 0 Å². The predicted molar refractivity (Wildman–Crippen MR) is 75.8 cm³/mol. The lowest BCUT2D eigenvalue weighted by molar-refractivity contribution is 0.340. The smallest absolute Gasteiger partial charge is 0.0440 e. The Labute approximate surface area is 104 Å². The van der Waals surface area contributed by atoms with Crippen LogP contribution in [0.15, 0.2) is 0 Å². The Balaban J connectivity index is 3.49. The van der Waals surface area contributed by atoms with E-state index in [2.05, 4.69) is 34.6 Å². The summed E-state index contributed by atoms with van der Waals surface area (Å²) in [5.41, 5.74) is 0. The van der Waals surface area contributed by atoms with Crippen LogP contribution in [0.5, 0.6) is 0 Å². The standard InChI is InChI=1S/C16H34/c1-6-8-9-10-15(4)13-16(5)12-11-14(3)7-2/h14-16H,6-13H2,1-5H3. The third-order valence-electron chi connectivity index (χ3n) is 3.95. The van der Waals surface area contributed by atoms with E-state index >= 15 is 0 Å². The average molecular weight is 226 g/mol. The minimum absolute atomic E-state index is 0.929. The van der Waals surface area contributed by atoms with Crippen molar-refractivity contribution in [2.75, 3.05) is 0 Å². The van der Waals surface area contributed by atoms with Crippen molar-refractivity contribution in [3.05, 3.63) is 0 Å². The molecular weight excluding hydrogens is 192 g/mol. The Hall–Kier alpha value is 0. The maximum absolute atomic E-state index is 2.44. The third kappa shape index (κ3) is 9.24. The van der Waals surface area contributed by atoms with E-state index in [0.717, 1.165) is 17.8 Å². The molecule has 98 valence electrons. The van der Waals surface area contributed by atoms with Crippen LogP contribution in [0.25, 0.3) is 0 Å². The van der Waals surface area contributed by atoms with Crippen LogP contribution >= 0.6 is 0 Å². The van der Waals surface area contributed by atoms with Crippen molar-refractivity contribution in [3.8, 4) is 0 Å². The topological polar surface area (TPSA) is 0 Å². The van der Waals surface area contributed by atoms with Crippen molar-refractivity contribution in [1.82, 2.24) is 0 Å². The number of unbranched alkanes of at least 4 members (excludes halogenated alkanes) is 2. The molecule has 0 heterocycles. The SMILES string of the molecule is CCCCCC(C)CC(C)CCC(C)CC. The van der Waals surface area contributed by atoms with Gasteiger partial charge in [0.15, 0.2) is 0 Å². The second-order valence-electron chi connectivity index (χ2n) is 6.03. The van der Waals surface area contributed by atoms with Gasteiger partial charge in [0.05, 0.1) is 0 Å². The first kappa shape index (κ1) is 16.0. The van der Waals surface area contributed by atoms with Crippen LogP contribution < -0.4 is 0 Å². The van der Waals surface area contributed by atoms with Crippen LogP contribution in [0.1, 0.15) is 86.0 Å². The van der Waals surface area contributed by atoms with Crippen LogP contribution in [0, 0.1) is 17.8 Å². The molecule has 0 fully saturated rings. The largest absolute Gasteiger partial charge is 0.0654 e. The maximum Gasteiger partial charge on any atom is -0.0440 e. The van der Waals surface area contributed by atoms with Gasteiger partial charge in [0.25, 0.3) is 0 Å². The Morgan fingerprint density at radius 2 is 1.25 bits per heavy atom. The minimum atomic E-state index is 0.929. The molecule has 0 amide bonds. The molecule has 0 aromatic carbocycles. The molecule has 0 aromatic rings. The van der Waals surface area contributed by atoms with Gasteiger partial charge in [-0.15, -0.1) is 0 Å². The summed E-state index contributed by atoms with van der Waals surface area (Å²) in [5.74, 6) is 2.81. The lowest BCUT2D eigenvalue weighted by Crippen LogP contribution is -2.05. The van der Waals surface area contributed by atoms with Gasteiger partial charge in [-0.2, -0.15) is 0 Å². The van der Waals surface area contributed by atoms with Gasteiger partial charge in [0.2, 0.25) is 0 Å². The van der Waals surface area contributed by atoms with Crippen LogP contribution in [0.3, 0.4) is 0 Å². The highest BCUT2D eigenvalue weighted by Crippen LogP contribution is 2.23. The molecule has 0 rings (SSSR count). The summed E-state index contributed by atoms with van der Waals surface area (Å²) in [5, 5.41) is 0. The van der Waals surface area contributed by atoms with E-state index < -0.39 is 0 Å². The van der Waals surface area contributed by atoms with Crippen molar-refractivity contribution < 1.29 is 0 Å². The molecule has 0 aliphatic carbocycles. The van der Waals surface area contributed by atoms with Gasteiger partial charge in [-0.3, -0.25) is 0 Å². The molecule has 0 saturated carbocycles. The summed E-state index contributed by atoms with van der Waals surface area (Å²) in [6, 6.07) is 0. The first-order valence-electron chi connectivity index (χ1n) is 7.60. The Bertz CT molecular complexity index is 139. The van der Waals surface area contributed by atoms with E-state index in [-0.39, 0.29) is 0 Å². The molecule has 3 unspecified atom stereocenters. The van der Waals surface area contributed by atoms with Gasteiger partial charge < -0.3 is 0 Å². The van der Waals surface area contributed by atoms with Crippen molar-refractivity contribution >= 4 is 0 Å². The summed E-state index contributed by atoms with van der Waals surface area (Å²) < 4.78 is 0. The normalized spacial score (nSPS) is 17.1. The third-order valence-corrected chi connectivity index (χ3v) is 3.95. The Kier molecular flexibility index (Phi) is 10.2. The van der Waals surface area contributed by atoms with Crippen LogP contribution in [0.4, 0.5) is 0 Å². The van der Waals surface area contributed by atoms with E-state index in [0.29, 0.717) is 0 Å². The summed E-state index contributed by atoms with van der Waals surface area (Å²) >= 11 is 0. The van der Waals surface area contributed by atoms with E-state index in [1.807, 2.05) is 0 Å².